The van der Waals surface area contributed by atoms with Crippen LogP contribution in [0.3, 0.4) is 0 Å². The Morgan fingerprint density at radius 2 is 1.46 bits per heavy atom. The third-order valence-electron chi connectivity index (χ3n) is 3.72. The fraction of sp³-hybridized carbons (Fsp3) is 0.0500. The lowest BCUT2D eigenvalue weighted by Crippen LogP contribution is -2.04. The molecule has 0 saturated carbocycles. The first-order chi connectivity index (χ1) is 11.6. The molecule has 3 rings (SSSR count). The molecule has 4 nitrogen and oxygen atoms in total. The number of phenolic OH excluding ortho intramolecular Hbond substituents is 2. The van der Waals surface area contributed by atoms with Crippen LogP contribution in [0.25, 0.3) is 0 Å². The van der Waals surface area contributed by atoms with Crippen molar-refractivity contribution >= 4 is 11.5 Å². The fourth-order valence-corrected chi connectivity index (χ4v) is 2.44. The summed E-state index contributed by atoms with van der Waals surface area (Å²) in [6, 6.07) is 21.1. The highest BCUT2D eigenvalue weighted by atomic mass is 16.3. The van der Waals surface area contributed by atoms with Crippen LogP contribution < -0.4 is 5.32 Å². The lowest BCUT2D eigenvalue weighted by atomic mass is 10.0. The van der Waals surface area contributed by atoms with Gasteiger partial charge in [-0.1, -0.05) is 60.7 Å². The minimum absolute atomic E-state index is 0.104. The fourth-order valence-electron chi connectivity index (χ4n) is 2.44. The van der Waals surface area contributed by atoms with E-state index in [9.17, 15) is 15.0 Å². The van der Waals surface area contributed by atoms with E-state index in [-0.39, 0.29) is 22.8 Å². The number of carbonyl (C=O) groups excluding carboxylic acids is 1. The highest BCUT2D eigenvalue weighted by molar-refractivity contribution is 6.11. The number of carbonyl (C=O) groups is 1. The highest BCUT2D eigenvalue weighted by Crippen LogP contribution is 2.33. The van der Waals surface area contributed by atoms with Gasteiger partial charge in [0.2, 0.25) is 0 Å². The van der Waals surface area contributed by atoms with E-state index in [1.165, 1.54) is 12.1 Å². The molecule has 0 heterocycles. The number of ketones is 1. The molecule has 0 atom stereocenters. The summed E-state index contributed by atoms with van der Waals surface area (Å²) in [5, 5.41) is 23.1. The van der Waals surface area contributed by atoms with Crippen LogP contribution in [0.5, 0.6) is 11.5 Å². The van der Waals surface area contributed by atoms with Crippen LogP contribution >= 0.6 is 0 Å². The second-order valence-electron chi connectivity index (χ2n) is 5.42. The van der Waals surface area contributed by atoms with Gasteiger partial charge in [0.05, 0.1) is 11.3 Å². The Kier molecular flexibility index (Phi) is 4.47. The average molecular weight is 319 g/mol. The van der Waals surface area contributed by atoms with Gasteiger partial charge in [-0.2, -0.15) is 0 Å². The number of aromatic hydroxyl groups is 2. The first-order valence-electron chi connectivity index (χ1n) is 7.58. The van der Waals surface area contributed by atoms with Gasteiger partial charge < -0.3 is 15.5 Å². The summed E-state index contributed by atoms with van der Waals surface area (Å²) in [6.45, 7) is 0.498. The Hall–Kier alpha value is -3.27. The van der Waals surface area contributed by atoms with Crippen LogP contribution in [0.4, 0.5) is 5.69 Å². The maximum atomic E-state index is 12.5. The third kappa shape index (κ3) is 3.38. The van der Waals surface area contributed by atoms with Gasteiger partial charge in [0.15, 0.2) is 5.78 Å². The maximum Gasteiger partial charge on any atom is 0.196 e. The first-order valence-corrected chi connectivity index (χ1v) is 7.58. The molecule has 24 heavy (non-hydrogen) atoms. The number of hydrogen-bond donors (Lipinski definition) is 3. The van der Waals surface area contributed by atoms with Crippen molar-refractivity contribution in [2.45, 2.75) is 6.54 Å². The summed E-state index contributed by atoms with van der Waals surface area (Å²) in [7, 11) is 0. The van der Waals surface area contributed by atoms with Crippen LogP contribution in [0.1, 0.15) is 21.5 Å². The van der Waals surface area contributed by atoms with Crippen molar-refractivity contribution in [1.82, 2.24) is 0 Å². The van der Waals surface area contributed by atoms with E-state index < -0.39 is 0 Å². The second-order valence-corrected chi connectivity index (χ2v) is 5.42. The smallest absolute Gasteiger partial charge is 0.196 e. The third-order valence-corrected chi connectivity index (χ3v) is 3.72. The quantitative estimate of drug-likeness (QED) is 0.378. The van der Waals surface area contributed by atoms with Gasteiger partial charge >= 0.3 is 0 Å². The van der Waals surface area contributed by atoms with Crippen molar-refractivity contribution in [2.75, 3.05) is 5.32 Å². The van der Waals surface area contributed by atoms with E-state index in [0.29, 0.717) is 17.8 Å². The van der Waals surface area contributed by atoms with Crippen LogP contribution in [-0.4, -0.2) is 16.0 Å². The minimum atomic E-state index is -0.295. The molecule has 0 fully saturated rings. The number of hydrogen-bond acceptors (Lipinski definition) is 4. The van der Waals surface area contributed by atoms with E-state index in [0.717, 1.165) is 5.56 Å². The minimum Gasteiger partial charge on any atom is -0.507 e. The lowest BCUT2D eigenvalue weighted by molar-refractivity contribution is 0.103. The van der Waals surface area contributed by atoms with Gasteiger partial charge in [-0.25, -0.2) is 0 Å². The van der Waals surface area contributed by atoms with Crippen molar-refractivity contribution in [3.63, 3.8) is 0 Å². The number of rotatable bonds is 5. The Bertz CT molecular complexity index is 846. The molecule has 0 bridgehead atoms. The molecule has 0 aromatic heterocycles. The predicted octanol–water partition coefficient (Wildman–Crippen LogP) is 3.94. The van der Waals surface area contributed by atoms with Gasteiger partial charge in [0, 0.05) is 18.2 Å². The van der Waals surface area contributed by atoms with Crippen molar-refractivity contribution in [1.29, 1.82) is 0 Å². The Morgan fingerprint density at radius 3 is 2.12 bits per heavy atom. The Morgan fingerprint density at radius 1 is 0.833 bits per heavy atom. The molecule has 0 aliphatic carbocycles. The van der Waals surface area contributed by atoms with Crippen molar-refractivity contribution in [3.8, 4) is 11.5 Å². The van der Waals surface area contributed by atoms with E-state index in [4.69, 9.17) is 0 Å². The number of benzene rings is 3. The summed E-state index contributed by atoms with van der Waals surface area (Å²) in [4.78, 5) is 12.5. The van der Waals surface area contributed by atoms with Gasteiger partial charge in [-0.15, -0.1) is 0 Å². The van der Waals surface area contributed by atoms with Gasteiger partial charge in [0.25, 0.3) is 0 Å². The molecule has 0 saturated heterocycles. The largest absolute Gasteiger partial charge is 0.507 e. The number of anilines is 1. The average Bonchev–Trinajstić information content (AvgIpc) is 2.62. The van der Waals surface area contributed by atoms with E-state index in [2.05, 4.69) is 5.32 Å². The van der Waals surface area contributed by atoms with Crippen LogP contribution in [0.15, 0.2) is 72.8 Å². The molecular weight excluding hydrogens is 302 g/mol. The Labute approximate surface area is 140 Å². The normalized spacial score (nSPS) is 10.3. The maximum absolute atomic E-state index is 12.5. The molecule has 120 valence electrons. The number of nitrogens with one attached hydrogen (secondary N) is 1. The standard InChI is InChI=1S/C20H17NO3/c22-18-12-19(23)17(21-13-14-7-3-1-4-8-14)11-16(18)20(24)15-9-5-2-6-10-15/h1-12,21-23H,13H2. The molecule has 0 aliphatic heterocycles. The summed E-state index contributed by atoms with van der Waals surface area (Å²) in [6.07, 6.45) is 0. The zero-order valence-electron chi connectivity index (χ0n) is 12.9. The molecule has 0 unspecified atom stereocenters. The molecule has 3 aromatic carbocycles. The van der Waals surface area contributed by atoms with E-state index >= 15 is 0 Å². The van der Waals surface area contributed by atoms with Crippen molar-refractivity contribution in [3.05, 3.63) is 89.5 Å². The molecule has 4 heteroatoms. The second kappa shape index (κ2) is 6.87. The van der Waals surface area contributed by atoms with Crippen LogP contribution in [0, 0.1) is 0 Å². The highest BCUT2D eigenvalue weighted by Gasteiger charge is 2.16. The molecule has 0 amide bonds. The van der Waals surface area contributed by atoms with Crippen LogP contribution in [0.2, 0.25) is 0 Å². The van der Waals surface area contributed by atoms with Crippen molar-refractivity contribution in [2.24, 2.45) is 0 Å². The molecule has 0 spiro atoms. The van der Waals surface area contributed by atoms with Gasteiger partial charge in [0.1, 0.15) is 11.5 Å². The molecule has 0 radical (unpaired) electrons. The summed E-state index contributed by atoms with van der Waals surface area (Å²) < 4.78 is 0. The molecule has 0 aliphatic rings. The zero-order chi connectivity index (χ0) is 16.9. The molecule has 3 N–H and O–H groups in total. The van der Waals surface area contributed by atoms with E-state index in [1.807, 2.05) is 36.4 Å². The van der Waals surface area contributed by atoms with Crippen LogP contribution in [-0.2, 0) is 6.54 Å². The topological polar surface area (TPSA) is 69.6 Å². The summed E-state index contributed by atoms with van der Waals surface area (Å²) in [5.74, 6) is -0.643. The van der Waals surface area contributed by atoms with Gasteiger partial charge in [-0.3, -0.25) is 4.79 Å². The molecular formula is C20H17NO3. The van der Waals surface area contributed by atoms with E-state index in [1.54, 1.807) is 24.3 Å². The number of phenols is 2. The first kappa shape index (κ1) is 15.6. The lowest BCUT2D eigenvalue weighted by Gasteiger charge is -2.12. The van der Waals surface area contributed by atoms with Crippen molar-refractivity contribution < 1.29 is 15.0 Å². The predicted molar refractivity (Wildman–Crippen MR) is 93.4 cm³/mol. The summed E-state index contributed by atoms with van der Waals surface area (Å²) >= 11 is 0. The summed E-state index contributed by atoms with van der Waals surface area (Å²) in [5.41, 5.74) is 2.07. The SMILES string of the molecule is O=C(c1ccccc1)c1cc(NCc2ccccc2)c(O)cc1O. The Balaban J connectivity index is 1.87. The van der Waals surface area contributed by atoms with Gasteiger partial charge in [-0.05, 0) is 11.6 Å². The monoisotopic (exact) mass is 319 g/mol. The zero-order valence-corrected chi connectivity index (χ0v) is 12.9. The molecule has 3 aromatic rings.